The van der Waals surface area contributed by atoms with Crippen molar-refractivity contribution in [3.05, 3.63) is 11.1 Å². The topological polar surface area (TPSA) is 54.0 Å². The summed E-state index contributed by atoms with van der Waals surface area (Å²) >= 11 is 0. The molecule has 4 heterocycles. The lowest BCUT2D eigenvalue weighted by atomic mass is 9.63. The Morgan fingerprint density at radius 1 is 1.25 bits per heavy atom. The van der Waals surface area contributed by atoms with E-state index in [0.29, 0.717) is 11.5 Å². The first-order valence-corrected chi connectivity index (χ1v) is 7.42. The Bertz CT molecular complexity index is 512. The molecule has 2 unspecified atom stereocenters. The second-order valence-corrected chi connectivity index (χ2v) is 6.71. The smallest absolute Gasteiger partial charge is 0.336 e. The maximum absolute atomic E-state index is 12.1. The zero-order valence-corrected chi connectivity index (χ0v) is 12.1. The molecule has 5 nitrogen and oxygen atoms in total. The number of esters is 1. The van der Waals surface area contributed by atoms with Crippen LogP contribution in [0, 0.1) is 11.8 Å². The molecule has 1 aliphatic carbocycles. The zero-order chi connectivity index (χ0) is 14.1. The van der Waals surface area contributed by atoms with Gasteiger partial charge in [-0.2, -0.15) is 0 Å². The summed E-state index contributed by atoms with van der Waals surface area (Å²) in [7, 11) is 0. The highest BCUT2D eigenvalue weighted by molar-refractivity contribution is 5.90. The van der Waals surface area contributed by atoms with E-state index in [0.717, 1.165) is 31.3 Å². The first-order valence-electron chi connectivity index (χ1n) is 7.42. The summed E-state index contributed by atoms with van der Waals surface area (Å²) in [5, 5.41) is 0. The van der Waals surface area contributed by atoms with Gasteiger partial charge in [-0.25, -0.2) is 14.6 Å². The lowest BCUT2D eigenvalue weighted by molar-refractivity contribution is -0.539. The van der Waals surface area contributed by atoms with E-state index in [1.165, 1.54) is 0 Å². The molecule has 20 heavy (non-hydrogen) atoms. The molecule has 0 N–H and O–H groups in total. The highest BCUT2D eigenvalue weighted by Crippen LogP contribution is 2.58. The number of carbonyl (C=O) groups is 1. The Kier molecular flexibility index (Phi) is 2.46. The SMILES string of the molecule is CC1=C2CC[C@@H](C)C3CC[C@@]4(C)OO[C@@]23C(OC1=O)O4. The van der Waals surface area contributed by atoms with Gasteiger partial charge in [0.15, 0.2) is 5.60 Å². The van der Waals surface area contributed by atoms with Gasteiger partial charge >= 0.3 is 5.97 Å². The molecule has 0 aromatic heterocycles. The molecular weight excluding hydrogens is 260 g/mol. The standard InChI is InChI=1S/C15H20O5/c1-8-4-5-11-9(2)12(16)17-13-15(11)10(8)6-7-14(3,18-13)19-20-15/h8,10,13H,4-7H2,1-3H3/t8-,10?,13?,14-,15-/m1/s1. The van der Waals surface area contributed by atoms with Crippen LogP contribution in [-0.4, -0.2) is 23.6 Å². The van der Waals surface area contributed by atoms with Crippen molar-refractivity contribution in [3.63, 3.8) is 0 Å². The summed E-state index contributed by atoms with van der Waals surface area (Å²) in [4.78, 5) is 23.5. The Labute approximate surface area is 118 Å². The summed E-state index contributed by atoms with van der Waals surface area (Å²) in [5.74, 6) is -0.338. The molecule has 1 spiro atoms. The fraction of sp³-hybridized carbons (Fsp3) is 0.800. The van der Waals surface area contributed by atoms with Crippen LogP contribution >= 0.6 is 0 Å². The van der Waals surface area contributed by atoms with Crippen molar-refractivity contribution in [2.45, 2.75) is 64.1 Å². The number of fused-ring (bicyclic) bond motifs is 2. The molecule has 1 saturated carbocycles. The van der Waals surface area contributed by atoms with Crippen molar-refractivity contribution in [1.82, 2.24) is 0 Å². The van der Waals surface area contributed by atoms with E-state index in [4.69, 9.17) is 19.2 Å². The van der Waals surface area contributed by atoms with E-state index in [9.17, 15) is 4.79 Å². The predicted octanol–water partition coefficient (Wildman–Crippen LogP) is 2.46. The second-order valence-electron chi connectivity index (χ2n) is 6.71. The summed E-state index contributed by atoms with van der Waals surface area (Å²) < 4.78 is 11.5. The summed E-state index contributed by atoms with van der Waals surface area (Å²) in [6, 6.07) is 0. The van der Waals surface area contributed by atoms with Gasteiger partial charge in [-0.15, -0.1) is 0 Å². The van der Waals surface area contributed by atoms with Gasteiger partial charge in [0, 0.05) is 17.9 Å². The van der Waals surface area contributed by atoms with Crippen molar-refractivity contribution in [2.75, 3.05) is 0 Å². The van der Waals surface area contributed by atoms with Gasteiger partial charge in [0.1, 0.15) is 0 Å². The van der Waals surface area contributed by atoms with Crippen LogP contribution in [-0.2, 0) is 24.0 Å². The molecule has 5 aliphatic rings. The van der Waals surface area contributed by atoms with Crippen LogP contribution in [0.3, 0.4) is 0 Å². The monoisotopic (exact) mass is 280 g/mol. The van der Waals surface area contributed by atoms with Crippen LogP contribution in [0.25, 0.3) is 0 Å². The molecule has 4 fully saturated rings. The van der Waals surface area contributed by atoms with Gasteiger partial charge in [0.2, 0.25) is 12.1 Å². The summed E-state index contributed by atoms with van der Waals surface area (Å²) in [6.45, 7) is 5.90. The fourth-order valence-electron chi connectivity index (χ4n) is 4.29. The number of hydrogen-bond donors (Lipinski definition) is 0. The number of hydrogen-bond acceptors (Lipinski definition) is 5. The molecule has 0 aromatic carbocycles. The molecule has 0 aromatic rings. The van der Waals surface area contributed by atoms with Gasteiger partial charge < -0.3 is 9.47 Å². The fourth-order valence-corrected chi connectivity index (χ4v) is 4.29. The maximum atomic E-state index is 12.1. The number of carbonyl (C=O) groups excluding carboxylic acids is 1. The van der Waals surface area contributed by atoms with Crippen LogP contribution in [0.2, 0.25) is 0 Å². The maximum Gasteiger partial charge on any atom is 0.336 e. The third-order valence-electron chi connectivity index (χ3n) is 5.50. The third kappa shape index (κ3) is 1.41. The van der Waals surface area contributed by atoms with Crippen LogP contribution in [0.1, 0.15) is 46.5 Å². The molecule has 4 aliphatic heterocycles. The average Bonchev–Trinajstić information content (AvgIpc) is 2.63. The summed E-state index contributed by atoms with van der Waals surface area (Å²) in [5.41, 5.74) is 0.952. The zero-order valence-electron chi connectivity index (χ0n) is 12.1. The van der Waals surface area contributed by atoms with E-state index < -0.39 is 17.7 Å². The minimum atomic E-state index is -0.816. The Balaban J connectivity index is 1.92. The molecular formula is C15H20O5. The Hall–Kier alpha value is -0.910. The normalized spacial score (nSPS) is 50.5. The number of rotatable bonds is 0. The van der Waals surface area contributed by atoms with Crippen molar-refractivity contribution >= 4 is 5.97 Å². The number of ether oxygens (including phenoxy) is 2. The molecule has 5 atom stereocenters. The molecule has 2 bridgehead atoms. The predicted molar refractivity (Wildman–Crippen MR) is 68.1 cm³/mol. The van der Waals surface area contributed by atoms with Crippen molar-refractivity contribution in [2.24, 2.45) is 11.8 Å². The van der Waals surface area contributed by atoms with E-state index in [1.54, 1.807) is 0 Å². The third-order valence-corrected chi connectivity index (χ3v) is 5.50. The molecule has 5 rings (SSSR count). The molecule has 110 valence electrons. The molecule has 0 amide bonds. The van der Waals surface area contributed by atoms with E-state index in [2.05, 4.69) is 6.92 Å². The van der Waals surface area contributed by atoms with Gasteiger partial charge in [0.05, 0.1) is 0 Å². The highest BCUT2D eigenvalue weighted by Gasteiger charge is 2.66. The van der Waals surface area contributed by atoms with E-state index >= 15 is 0 Å². The average molecular weight is 280 g/mol. The minimum absolute atomic E-state index is 0.267. The van der Waals surface area contributed by atoms with Crippen LogP contribution < -0.4 is 0 Å². The van der Waals surface area contributed by atoms with Crippen LogP contribution in [0.4, 0.5) is 0 Å². The molecule has 5 heteroatoms. The van der Waals surface area contributed by atoms with Crippen molar-refractivity contribution in [3.8, 4) is 0 Å². The molecule has 3 saturated heterocycles. The van der Waals surface area contributed by atoms with Gasteiger partial charge in [-0.3, -0.25) is 0 Å². The van der Waals surface area contributed by atoms with E-state index in [-0.39, 0.29) is 11.9 Å². The van der Waals surface area contributed by atoms with Crippen LogP contribution in [0.15, 0.2) is 11.1 Å². The quantitative estimate of drug-likeness (QED) is 0.504. The van der Waals surface area contributed by atoms with Crippen molar-refractivity contribution < 1.29 is 24.0 Å². The first kappa shape index (κ1) is 12.8. The van der Waals surface area contributed by atoms with Crippen LogP contribution in [0.5, 0.6) is 0 Å². The van der Waals surface area contributed by atoms with Gasteiger partial charge in [0.25, 0.3) is 0 Å². The second kappa shape index (κ2) is 3.84. The first-order chi connectivity index (χ1) is 9.46. The summed E-state index contributed by atoms with van der Waals surface area (Å²) in [6.07, 6.45) is 2.95. The highest BCUT2D eigenvalue weighted by atomic mass is 17.3. The van der Waals surface area contributed by atoms with Gasteiger partial charge in [-0.1, -0.05) is 6.92 Å². The lowest BCUT2D eigenvalue weighted by Crippen LogP contribution is -2.64. The largest absolute Gasteiger partial charge is 0.429 e. The van der Waals surface area contributed by atoms with Gasteiger partial charge in [-0.05, 0) is 44.6 Å². The van der Waals surface area contributed by atoms with Crippen molar-refractivity contribution in [1.29, 1.82) is 0 Å². The Morgan fingerprint density at radius 2 is 2.05 bits per heavy atom. The molecule has 0 radical (unpaired) electrons. The van der Waals surface area contributed by atoms with E-state index in [1.807, 2.05) is 13.8 Å². The minimum Gasteiger partial charge on any atom is -0.429 e. The lowest BCUT2D eigenvalue weighted by Gasteiger charge is -2.53. The Morgan fingerprint density at radius 3 is 2.85 bits per heavy atom.